The maximum Gasteiger partial charge on any atom is 0.412 e. The Balaban J connectivity index is 1.64. The molecule has 1 saturated heterocycles. The first kappa shape index (κ1) is 51.4. The number of carbonyl (C=O) groups excluding carboxylic acids is 6. The Morgan fingerprint density at radius 3 is 2.38 bits per heavy atom. The number of esters is 1. The molecule has 0 saturated carbocycles. The van der Waals surface area contributed by atoms with E-state index in [1.54, 1.807) is 20.0 Å². The lowest BCUT2D eigenvalue weighted by atomic mass is 10.1. The fraction of sp³-hybridized carbons (Fsp3) is 0.658. The maximum absolute atomic E-state index is 13.8. The van der Waals surface area contributed by atoms with Crippen molar-refractivity contribution in [2.24, 2.45) is 0 Å². The second-order valence-electron chi connectivity index (χ2n) is 13.8. The van der Waals surface area contributed by atoms with Crippen molar-refractivity contribution in [3.05, 3.63) is 29.6 Å². The van der Waals surface area contributed by atoms with Gasteiger partial charge < -0.3 is 55.1 Å². The number of likely N-dealkylation sites (tertiary alicyclic amines) is 1. The van der Waals surface area contributed by atoms with Crippen molar-refractivity contribution in [3.63, 3.8) is 0 Å². The number of carboxylic acid groups (broad SMARTS) is 1. The molecule has 1 unspecified atom stereocenters. The van der Waals surface area contributed by atoms with Crippen LogP contribution >= 0.6 is 0 Å². The molecule has 0 radical (unpaired) electrons. The van der Waals surface area contributed by atoms with E-state index in [1.807, 2.05) is 6.92 Å². The molecule has 0 aliphatic carbocycles. The van der Waals surface area contributed by atoms with Crippen LogP contribution in [0.25, 0.3) is 0 Å². The fourth-order valence-electron chi connectivity index (χ4n) is 5.84. The van der Waals surface area contributed by atoms with E-state index in [0.717, 1.165) is 11.3 Å². The van der Waals surface area contributed by atoms with Gasteiger partial charge >= 0.3 is 18.2 Å². The summed E-state index contributed by atoms with van der Waals surface area (Å²) in [5.41, 5.74) is 0.457. The van der Waals surface area contributed by atoms with Gasteiger partial charge in [-0.3, -0.25) is 33.9 Å². The van der Waals surface area contributed by atoms with Crippen LogP contribution in [0.15, 0.2) is 18.3 Å². The Morgan fingerprint density at radius 1 is 1.00 bits per heavy atom. The molecule has 23 heteroatoms. The van der Waals surface area contributed by atoms with Crippen LogP contribution in [0.1, 0.15) is 68.9 Å². The lowest BCUT2D eigenvalue weighted by Crippen LogP contribution is -2.48. The number of pyridine rings is 1. The van der Waals surface area contributed by atoms with Gasteiger partial charge in [0.05, 0.1) is 51.3 Å². The number of halogens is 2. The van der Waals surface area contributed by atoms with Gasteiger partial charge in [-0.1, -0.05) is 6.92 Å². The van der Waals surface area contributed by atoms with E-state index in [2.05, 4.69) is 26.3 Å². The molecule has 1 aliphatic rings. The van der Waals surface area contributed by atoms with Gasteiger partial charge in [0.15, 0.2) is 0 Å². The van der Waals surface area contributed by atoms with Crippen molar-refractivity contribution >= 4 is 41.8 Å². The van der Waals surface area contributed by atoms with E-state index in [4.69, 9.17) is 29.3 Å². The summed E-state index contributed by atoms with van der Waals surface area (Å²) in [6, 6.07) is 1.07. The molecule has 6 amide bonds. The van der Waals surface area contributed by atoms with Crippen LogP contribution in [-0.4, -0.2) is 170 Å². The van der Waals surface area contributed by atoms with Crippen molar-refractivity contribution < 1.29 is 66.4 Å². The van der Waals surface area contributed by atoms with Crippen LogP contribution in [0, 0.1) is 11.3 Å². The summed E-state index contributed by atoms with van der Waals surface area (Å²) in [6.45, 7) is 5.25. The number of likely N-dealkylation sites (N-methyl/N-ethyl adjacent to an activating group) is 1. The summed E-state index contributed by atoms with van der Waals surface area (Å²) in [4.78, 5) is 94.0. The number of aromatic nitrogens is 1. The zero-order chi connectivity index (χ0) is 45.4. The van der Waals surface area contributed by atoms with Gasteiger partial charge in [0.1, 0.15) is 18.1 Å². The third kappa shape index (κ3) is 19.5. The third-order valence-electron chi connectivity index (χ3n) is 9.09. The Kier molecular flexibility index (Phi) is 22.9. The van der Waals surface area contributed by atoms with Crippen molar-refractivity contribution in [2.45, 2.75) is 83.5 Å². The Morgan fingerprint density at radius 2 is 1.70 bits per heavy atom. The second-order valence-corrected chi connectivity index (χ2v) is 13.8. The molecule has 340 valence electrons. The summed E-state index contributed by atoms with van der Waals surface area (Å²) in [6.07, 6.45) is -0.605. The molecule has 1 aromatic heterocycles. The van der Waals surface area contributed by atoms with Crippen LogP contribution in [0.2, 0.25) is 0 Å². The van der Waals surface area contributed by atoms with Gasteiger partial charge in [-0.05, 0) is 45.9 Å². The number of nitriles is 1. The number of rotatable bonds is 27. The first-order valence-electron chi connectivity index (χ1n) is 19.8. The van der Waals surface area contributed by atoms with Crippen molar-refractivity contribution in [2.75, 3.05) is 79.5 Å². The molecule has 1 aliphatic heterocycles. The maximum atomic E-state index is 13.8. The van der Waals surface area contributed by atoms with E-state index in [0.29, 0.717) is 18.8 Å². The van der Waals surface area contributed by atoms with E-state index < -0.39 is 73.8 Å². The summed E-state index contributed by atoms with van der Waals surface area (Å²) in [5, 5.41) is 28.0. The number of ether oxygens (including phenoxy) is 4. The van der Waals surface area contributed by atoms with E-state index in [-0.39, 0.29) is 89.2 Å². The number of nitrogens with one attached hydrogen (secondary N) is 4. The summed E-state index contributed by atoms with van der Waals surface area (Å²) in [7, 11) is 1.57. The zero-order valence-electron chi connectivity index (χ0n) is 34.9. The molecular formula is C38H57F2N9O12. The van der Waals surface area contributed by atoms with Crippen LogP contribution in [0.4, 0.5) is 18.4 Å². The van der Waals surface area contributed by atoms with Crippen molar-refractivity contribution in [1.82, 2.24) is 41.0 Å². The molecule has 3 atom stereocenters. The fourth-order valence-corrected chi connectivity index (χ4v) is 5.84. The number of amides is 6. The standard InChI is InChI=1S/C38H57F2N9O12/c1-5-14-48(6-2)37(57)61-25-60-35(54)30(47(4)15-12-44-36(55)56)7-8-31(50)43-13-17-59-19-18-58-16-10-32(51)45-23-28-20-27(9-11-42-28)33(52)46-26(3)34(53)49-24-38(39,40)21-29(49)22-41/h9,11,20,26,29-30,44H,5-8,10,12-19,21,23-25H2,1-4H3,(H,43,50)(H,45,51)(H,46,52)(H,55,56)/t26-,29-,30?/m0/s1. The molecule has 21 nitrogen and oxygen atoms in total. The minimum atomic E-state index is -3.19. The highest BCUT2D eigenvalue weighted by molar-refractivity contribution is 5.97. The predicted octanol–water partition coefficient (Wildman–Crippen LogP) is 0.833. The number of hydrogen-bond acceptors (Lipinski definition) is 14. The topological polar surface area (TPSA) is 271 Å². The molecule has 0 aromatic carbocycles. The van der Waals surface area contributed by atoms with Crippen molar-refractivity contribution in [3.8, 4) is 6.07 Å². The number of alkyl halides is 2. The smallest absolute Gasteiger partial charge is 0.412 e. The first-order chi connectivity index (χ1) is 29.0. The molecule has 5 N–H and O–H groups in total. The molecule has 0 spiro atoms. The number of nitrogens with zero attached hydrogens (tertiary/aromatic N) is 5. The van der Waals surface area contributed by atoms with Crippen LogP contribution in [0.5, 0.6) is 0 Å². The van der Waals surface area contributed by atoms with Crippen LogP contribution < -0.4 is 21.3 Å². The van der Waals surface area contributed by atoms with Gasteiger partial charge in [-0.2, -0.15) is 5.26 Å². The monoisotopic (exact) mass is 869 g/mol. The second kappa shape index (κ2) is 27.2. The minimum absolute atomic E-state index is 0.0104. The molecule has 1 fully saturated rings. The molecular weight excluding hydrogens is 812 g/mol. The van der Waals surface area contributed by atoms with Crippen molar-refractivity contribution in [1.29, 1.82) is 5.26 Å². The lowest BCUT2D eigenvalue weighted by molar-refractivity contribution is -0.158. The van der Waals surface area contributed by atoms with Gasteiger partial charge in [0.25, 0.3) is 11.8 Å². The molecule has 2 heterocycles. The number of carbonyl (C=O) groups is 7. The average Bonchev–Trinajstić information content (AvgIpc) is 3.54. The zero-order valence-corrected chi connectivity index (χ0v) is 34.9. The molecule has 1 aromatic rings. The SMILES string of the molecule is CCCN(CC)C(=O)OCOC(=O)C(CCC(=O)NCCOCCOCCC(=O)NCc1cc(C(=O)N[C@@H](C)C(=O)N2CC(F)(F)C[C@H]2C#N)ccn1)N(C)CCNC(=O)O. The average molecular weight is 870 g/mol. The highest BCUT2D eigenvalue weighted by atomic mass is 19.3. The summed E-state index contributed by atoms with van der Waals surface area (Å²) >= 11 is 0. The molecule has 0 bridgehead atoms. The molecule has 2 rings (SSSR count). The first-order valence-corrected chi connectivity index (χ1v) is 19.8. The van der Waals surface area contributed by atoms with Gasteiger partial charge in [0, 0.05) is 63.7 Å². The Hall–Kier alpha value is -5.73. The lowest BCUT2D eigenvalue weighted by Gasteiger charge is -2.26. The van der Waals surface area contributed by atoms with Gasteiger partial charge in [-0.15, -0.1) is 0 Å². The normalized spacial score (nSPS) is 15.2. The minimum Gasteiger partial charge on any atom is -0.465 e. The quantitative estimate of drug-likeness (QED) is 0.0466. The van der Waals surface area contributed by atoms with E-state index >= 15 is 0 Å². The number of hydrogen-bond donors (Lipinski definition) is 5. The van der Waals surface area contributed by atoms with Gasteiger partial charge in [-0.25, -0.2) is 18.4 Å². The largest absolute Gasteiger partial charge is 0.465 e. The highest BCUT2D eigenvalue weighted by Crippen LogP contribution is 2.32. The van der Waals surface area contributed by atoms with Crippen LogP contribution in [-0.2, 0) is 44.7 Å². The predicted molar refractivity (Wildman–Crippen MR) is 210 cm³/mol. The van der Waals surface area contributed by atoms with Gasteiger partial charge in [0.2, 0.25) is 24.5 Å². The summed E-state index contributed by atoms with van der Waals surface area (Å²) in [5.74, 6) is -6.15. The summed E-state index contributed by atoms with van der Waals surface area (Å²) < 4.78 is 48.6. The highest BCUT2D eigenvalue weighted by Gasteiger charge is 2.48. The van der Waals surface area contributed by atoms with E-state index in [9.17, 15) is 42.3 Å². The molecule has 61 heavy (non-hydrogen) atoms. The Bertz CT molecular complexity index is 1670. The third-order valence-corrected chi connectivity index (χ3v) is 9.09. The van der Waals surface area contributed by atoms with E-state index in [1.165, 1.54) is 35.1 Å². The Labute approximate surface area is 352 Å². The van der Waals surface area contributed by atoms with Crippen LogP contribution in [0.3, 0.4) is 0 Å².